The summed E-state index contributed by atoms with van der Waals surface area (Å²) in [5, 5.41) is 14.7. The summed E-state index contributed by atoms with van der Waals surface area (Å²) >= 11 is 1.61. The summed E-state index contributed by atoms with van der Waals surface area (Å²) in [6.45, 7) is 0.548. The van der Waals surface area contributed by atoms with Crippen molar-refractivity contribution in [1.29, 1.82) is 0 Å². The van der Waals surface area contributed by atoms with Gasteiger partial charge in [0.15, 0.2) is 0 Å². The van der Waals surface area contributed by atoms with Crippen molar-refractivity contribution in [2.75, 3.05) is 18.6 Å². The Bertz CT molecular complexity index is 315. The molecule has 19 heavy (non-hydrogen) atoms. The number of carbonyl (C=O) groups excluding carboxylic acids is 2. The topological polar surface area (TPSA) is 104 Å². The minimum atomic E-state index is -0.683. The smallest absolute Gasteiger partial charge is 0.312 e. The second-order valence-corrected chi connectivity index (χ2v) is 5.91. The molecule has 1 fully saturated rings. The lowest BCUT2D eigenvalue weighted by Crippen LogP contribution is -2.49. The fourth-order valence-electron chi connectivity index (χ4n) is 2.28. The van der Waals surface area contributed by atoms with Crippen LogP contribution in [-0.4, -0.2) is 47.7 Å². The second-order valence-electron chi connectivity index (χ2n) is 4.92. The van der Waals surface area contributed by atoms with Crippen LogP contribution in [0, 0.1) is 5.92 Å². The van der Waals surface area contributed by atoms with Gasteiger partial charge in [0.2, 0.25) is 5.91 Å². The fraction of sp³-hybridized carbons (Fsp3) is 0.833. The predicted molar refractivity (Wildman–Crippen MR) is 75.9 cm³/mol. The molecule has 5 N–H and O–H groups in total. The third-order valence-electron chi connectivity index (χ3n) is 3.32. The zero-order valence-electron chi connectivity index (χ0n) is 11.2. The van der Waals surface area contributed by atoms with Crippen LogP contribution in [0.25, 0.3) is 0 Å². The molecule has 110 valence electrons. The number of urea groups is 1. The Labute approximate surface area is 117 Å². The van der Waals surface area contributed by atoms with Crippen LogP contribution in [0.5, 0.6) is 0 Å². The van der Waals surface area contributed by atoms with Crippen molar-refractivity contribution in [2.45, 2.75) is 37.8 Å². The summed E-state index contributed by atoms with van der Waals surface area (Å²) in [6.07, 6.45) is 4.73. The molecule has 0 heterocycles. The molecular formula is C12H23N3O3S. The second kappa shape index (κ2) is 8.27. The van der Waals surface area contributed by atoms with Crippen LogP contribution in [0.4, 0.5) is 4.79 Å². The van der Waals surface area contributed by atoms with Gasteiger partial charge in [-0.25, -0.2) is 4.79 Å². The molecule has 3 unspecified atom stereocenters. The number of aliphatic hydroxyl groups is 1. The summed E-state index contributed by atoms with van der Waals surface area (Å²) in [5.74, 6) is 0.906. The molecule has 7 heteroatoms. The lowest BCUT2D eigenvalue weighted by Gasteiger charge is -2.18. The molecule has 3 amide bonds. The summed E-state index contributed by atoms with van der Waals surface area (Å²) in [7, 11) is 0. The van der Waals surface area contributed by atoms with E-state index in [4.69, 9.17) is 5.73 Å². The molecular weight excluding hydrogens is 266 g/mol. The monoisotopic (exact) mass is 289 g/mol. The number of primary amides is 1. The number of aliphatic hydroxyl groups excluding tert-OH is 1. The third kappa shape index (κ3) is 6.15. The Morgan fingerprint density at radius 2 is 2.21 bits per heavy atom. The summed E-state index contributed by atoms with van der Waals surface area (Å²) < 4.78 is 0. The van der Waals surface area contributed by atoms with Gasteiger partial charge in [-0.05, 0) is 43.6 Å². The summed E-state index contributed by atoms with van der Waals surface area (Å²) in [4.78, 5) is 22.8. The Kier molecular flexibility index (Phi) is 7.01. The van der Waals surface area contributed by atoms with Crippen molar-refractivity contribution in [3.63, 3.8) is 0 Å². The maximum absolute atomic E-state index is 12.0. The van der Waals surface area contributed by atoms with E-state index in [9.17, 15) is 14.7 Å². The molecule has 1 aliphatic carbocycles. The lowest BCUT2D eigenvalue weighted by molar-refractivity contribution is -0.123. The summed E-state index contributed by atoms with van der Waals surface area (Å²) in [6, 6.07) is -1.26. The lowest BCUT2D eigenvalue weighted by atomic mass is 10.1. The van der Waals surface area contributed by atoms with E-state index in [1.54, 1.807) is 11.8 Å². The minimum absolute atomic E-state index is 0.200. The van der Waals surface area contributed by atoms with Crippen LogP contribution < -0.4 is 16.4 Å². The number of nitrogens with two attached hydrogens (primary N) is 1. The summed E-state index contributed by atoms with van der Waals surface area (Å²) in [5.41, 5.74) is 5.07. The Balaban J connectivity index is 2.35. The zero-order chi connectivity index (χ0) is 14.3. The number of hydrogen-bond donors (Lipinski definition) is 4. The number of carbonyl (C=O) groups is 2. The Morgan fingerprint density at radius 1 is 1.47 bits per heavy atom. The quantitative estimate of drug-likeness (QED) is 0.531. The van der Waals surface area contributed by atoms with Crippen molar-refractivity contribution in [3.05, 3.63) is 0 Å². The minimum Gasteiger partial charge on any atom is -0.393 e. The molecule has 1 rings (SSSR count). The van der Waals surface area contributed by atoms with Crippen molar-refractivity contribution < 1.29 is 14.7 Å². The van der Waals surface area contributed by atoms with Gasteiger partial charge in [0, 0.05) is 6.54 Å². The highest BCUT2D eigenvalue weighted by Gasteiger charge is 2.25. The molecule has 6 nitrogen and oxygen atoms in total. The molecule has 0 bridgehead atoms. The predicted octanol–water partition coefficient (Wildman–Crippen LogP) is 0.0536. The van der Waals surface area contributed by atoms with Gasteiger partial charge in [0.25, 0.3) is 0 Å². The molecule has 0 aromatic heterocycles. The first-order valence-corrected chi connectivity index (χ1v) is 7.93. The Hall–Kier alpha value is -0.950. The molecule has 0 spiro atoms. The highest BCUT2D eigenvalue weighted by Crippen LogP contribution is 2.24. The van der Waals surface area contributed by atoms with E-state index in [0.717, 1.165) is 25.0 Å². The van der Waals surface area contributed by atoms with Crippen LogP contribution in [-0.2, 0) is 4.79 Å². The number of amides is 3. The maximum Gasteiger partial charge on any atom is 0.312 e. The molecule has 1 saturated carbocycles. The molecule has 1 aliphatic rings. The number of nitrogens with one attached hydrogen (secondary N) is 2. The number of rotatable bonds is 7. The van der Waals surface area contributed by atoms with Crippen molar-refractivity contribution >= 4 is 23.7 Å². The van der Waals surface area contributed by atoms with Crippen molar-refractivity contribution in [2.24, 2.45) is 11.7 Å². The van der Waals surface area contributed by atoms with Crippen LogP contribution >= 0.6 is 11.8 Å². The molecule has 0 radical (unpaired) electrons. The van der Waals surface area contributed by atoms with Crippen LogP contribution in [0.15, 0.2) is 0 Å². The largest absolute Gasteiger partial charge is 0.393 e. The van der Waals surface area contributed by atoms with Crippen LogP contribution in [0.3, 0.4) is 0 Å². The first-order valence-electron chi connectivity index (χ1n) is 6.53. The van der Waals surface area contributed by atoms with E-state index >= 15 is 0 Å². The van der Waals surface area contributed by atoms with E-state index < -0.39 is 12.1 Å². The molecule has 0 aromatic rings. The fourth-order valence-corrected chi connectivity index (χ4v) is 2.75. The van der Waals surface area contributed by atoms with E-state index in [-0.39, 0.29) is 12.0 Å². The number of thioether (sulfide) groups is 1. The highest BCUT2D eigenvalue weighted by molar-refractivity contribution is 7.98. The van der Waals surface area contributed by atoms with Gasteiger partial charge < -0.3 is 21.5 Å². The van der Waals surface area contributed by atoms with E-state index in [0.29, 0.717) is 18.9 Å². The molecule has 0 saturated heterocycles. The SMILES string of the molecule is CSCCC(NC(N)=O)C(=O)NCC1CCC(O)C1. The van der Waals surface area contributed by atoms with Gasteiger partial charge in [0.1, 0.15) is 6.04 Å². The van der Waals surface area contributed by atoms with Crippen LogP contribution in [0.1, 0.15) is 25.7 Å². The average molecular weight is 289 g/mol. The van der Waals surface area contributed by atoms with E-state index in [1.807, 2.05) is 6.26 Å². The van der Waals surface area contributed by atoms with Gasteiger partial charge >= 0.3 is 6.03 Å². The molecule has 0 aromatic carbocycles. The van der Waals surface area contributed by atoms with E-state index in [2.05, 4.69) is 10.6 Å². The maximum atomic E-state index is 12.0. The highest BCUT2D eigenvalue weighted by atomic mass is 32.2. The first kappa shape index (κ1) is 16.1. The normalized spacial score (nSPS) is 23.9. The zero-order valence-corrected chi connectivity index (χ0v) is 12.0. The average Bonchev–Trinajstić information content (AvgIpc) is 2.77. The van der Waals surface area contributed by atoms with Gasteiger partial charge in [-0.2, -0.15) is 11.8 Å². The third-order valence-corrected chi connectivity index (χ3v) is 3.97. The Morgan fingerprint density at radius 3 is 2.74 bits per heavy atom. The van der Waals surface area contributed by atoms with Gasteiger partial charge in [0.05, 0.1) is 6.10 Å². The molecule has 0 aliphatic heterocycles. The van der Waals surface area contributed by atoms with Crippen LogP contribution in [0.2, 0.25) is 0 Å². The first-order chi connectivity index (χ1) is 9.02. The van der Waals surface area contributed by atoms with E-state index in [1.165, 1.54) is 0 Å². The van der Waals surface area contributed by atoms with Crippen molar-refractivity contribution in [3.8, 4) is 0 Å². The van der Waals surface area contributed by atoms with Gasteiger partial charge in [-0.3, -0.25) is 4.79 Å². The van der Waals surface area contributed by atoms with Gasteiger partial charge in [-0.15, -0.1) is 0 Å². The van der Waals surface area contributed by atoms with Gasteiger partial charge in [-0.1, -0.05) is 0 Å². The standard InChI is InChI=1S/C12H23N3O3S/c1-19-5-4-10(15-12(13)18)11(17)14-7-8-2-3-9(16)6-8/h8-10,16H,2-7H2,1H3,(H,14,17)(H3,13,15,18). The van der Waals surface area contributed by atoms with Crippen molar-refractivity contribution in [1.82, 2.24) is 10.6 Å². The molecule has 3 atom stereocenters. The number of hydrogen-bond acceptors (Lipinski definition) is 4.